The molecule has 0 spiro atoms. The highest BCUT2D eigenvalue weighted by atomic mass is 16.5. The molecule has 0 aromatic heterocycles. The van der Waals surface area contributed by atoms with Crippen LogP contribution in [0.2, 0.25) is 0 Å². The van der Waals surface area contributed by atoms with Crippen molar-refractivity contribution in [1.82, 2.24) is 10.9 Å². The van der Waals surface area contributed by atoms with Gasteiger partial charge >= 0.3 is 17.9 Å². The summed E-state index contributed by atoms with van der Waals surface area (Å²) >= 11 is 0. The van der Waals surface area contributed by atoms with Gasteiger partial charge in [0, 0.05) is 0 Å². The summed E-state index contributed by atoms with van der Waals surface area (Å²) in [5.74, 6) is -3.19. The summed E-state index contributed by atoms with van der Waals surface area (Å²) in [6, 6.07) is 6.86. The van der Waals surface area contributed by atoms with Crippen molar-refractivity contribution in [1.29, 1.82) is 0 Å². The lowest BCUT2D eigenvalue weighted by atomic mass is 10.1. The molecule has 1 aromatic rings. The van der Waals surface area contributed by atoms with Crippen molar-refractivity contribution in [3.8, 4) is 0 Å². The number of methoxy groups -OCH3 is 1. The lowest BCUT2D eigenvalue weighted by molar-refractivity contribution is -0.147. The SMILES string of the molecule is COC(=O)[C@H](Cc1ccccc1)NN[C@@H](CC(=O)O)C(=O)O. The van der Waals surface area contributed by atoms with Crippen molar-refractivity contribution < 1.29 is 29.3 Å². The second-order valence-electron chi connectivity index (χ2n) is 4.54. The van der Waals surface area contributed by atoms with Crippen molar-refractivity contribution >= 4 is 17.9 Å². The maximum absolute atomic E-state index is 11.7. The normalized spacial score (nSPS) is 13.1. The van der Waals surface area contributed by atoms with Gasteiger partial charge in [0.1, 0.15) is 12.1 Å². The maximum Gasteiger partial charge on any atom is 0.324 e. The molecule has 0 amide bonds. The molecule has 0 bridgehead atoms. The van der Waals surface area contributed by atoms with Crippen molar-refractivity contribution in [3.05, 3.63) is 35.9 Å². The number of rotatable bonds is 9. The number of hydrogen-bond acceptors (Lipinski definition) is 6. The van der Waals surface area contributed by atoms with Crippen LogP contribution in [-0.2, 0) is 25.5 Å². The predicted octanol–water partition coefficient (Wildman–Crippen LogP) is -0.207. The number of carbonyl (C=O) groups excluding carboxylic acids is 1. The van der Waals surface area contributed by atoms with Crippen LogP contribution in [0.15, 0.2) is 30.3 Å². The second-order valence-corrected chi connectivity index (χ2v) is 4.54. The standard InChI is InChI=1S/C14H18N2O6/c1-22-14(21)11(7-9-5-3-2-4-6-9)16-15-10(13(19)20)8-12(17)18/h2-6,10-11,15-16H,7-8H2,1H3,(H,17,18)(H,19,20)/t10-,11-/m0/s1. The van der Waals surface area contributed by atoms with E-state index in [0.29, 0.717) is 0 Å². The van der Waals surface area contributed by atoms with Crippen LogP contribution in [0.1, 0.15) is 12.0 Å². The number of hydrazine groups is 1. The number of carbonyl (C=O) groups is 3. The van der Waals surface area contributed by atoms with E-state index >= 15 is 0 Å². The summed E-state index contributed by atoms with van der Waals surface area (Å²) in [7, 11) is 1.22. The second kappa shape index (κ2) is 8.75. The van der Waals surface area contributed by atoms with Crippen molar-refractivity contribution in [2.75, 3.05) is 7.11 Å². The number of aliphatic carboxylic acids is 2. The molecular formula is C14H18N2O6. The Hall–Kier alpha value is -2.45. The monoisotopic (exact) mass is 310 g/mol. The largest absolute Gasteiger partial charge is 0.481 e. The van der Waals surface area contributed by atoms with Gasteiger partial charge in [0.15, 0.2) is 0 Å². The van der Waals surface area contributed by atoms with Gasteiger partial charge in [-0.1, -0.05) is 30.3 Å². The van der Waals surface area contributed by atoms with Crippen molar-refractivity contribution in [2.24, 2.45) is 0 Å². The molecule has 0 aliphatic heterocycles. The molecule has 0 saturated carbocycles. The Morgan fingerprint density at radius 1 is 1.09 bits per heavy atom. The zero-order valence-corrected chi connectivity index (χ0v) is 12.0. The van der Waals surface area contributed by atoms with Crippen molar-refractivity contribution in [3.63, 3.8) is 0 Å². The summed E-state index contributed by atoms with van der Waals surface area (Å²) < 4.78 is 4.65. The Morgan fingerprint density at radius 3 is 2.18 bits per heavy atom. The maximum atomic E-state index is 11.7. The van der Waals surface area contributed by atoms with Crippen LogP contribution < -0.4 is 10.9 Å². The van der Waals surface area contributed by atoms with Crippen LogP contribution in [0, 0.1) is 0 Å². The van der Waals surface area contributed by atoms with Gasteiger partial charge in [0.2, 0.25) is 0 Å². The van der Waals surface area contributed by atoms with Crippen LogP contribution in [0.25, 0.3) is 0 Å². The van der Waals surface area contributed by atoms with E-state index in [9.17, 15) is 14.4 Å². The van der Waals surface area contributed by atoms with Gasteiger partial charge in [0.25, 0.3) is 0 Å². The molecule has 8 heteroatoms. The Kier molecular flexibility index (Phi) is 7.00. The molecular weight excluding hydrogens is 292 g/mol. The van der Waals surface area contributed by atoms with E-state index in [4.69, 9.17) is 10.2 Å². The number of ether oxygens (including phenoxy) is 1. The molecule has 1 aromatic carbocycles. The van der Waals surface area contributed by atoms with Crippen LogP contribution in [0.4, 0.5) is 0 Å². The Balaban J connectivity index is 2.70. The van der Waals surface area contributed by atoms with Gasteiger partial charge in [-0.05, 0) is 12.0 Å². The molecule has 0 unspecified atom stereocenters. The molecule has 0 aliphatic carbocycles. The first-order chi connectivity index (χ1) is 10.4. The summed E-state index contributed by atoms with van der Waals surface area (Å²) in [5, 5.41) is 17.6. The Labute approximate surface area is 127 Å². The molecule has 22 heavy (non-hydrogen) atoms. The first-order valence-electron chi connectivity index (χ1n) is 6.51. The van der Waals surface area contributed by atoms with E-state index in [0.717, 1.165) is 5.56 Å². The fraction of sp³-hybridized carbons (Fsp3) is 0.357. The van der Waals surface area contributed by atoms with E-state index in [1.165, 1.54) is 7.11 Å². The fourth-order valence-corrected chi connectivity index (χ4v) is 1.76. The highest BCUT2D eigenvalue weighted by Crippen LogP contribution is 2.04. The average Bonchev–Trinajstić information content (AvgIpc) is 2.49. The average molecular weight is 310 g/mol. The number of carboxylic acids is 2. The molecule has 4 N–H and O–H groups in total. The minimum atomic E-state index is -1.36. The number of nitrogens with one attached hydrogen (secondary N) is 2. The molecule has 2 atom stereocenters. The first kappa shape index (κ1) is 17.6. The number of hydrogen-bond donors (Lipinski definition) is 4. The Morgan fingerprint density at radius 2 is 1.68 bits per heavy atom. The third-order valence-corrected chi connectivity index (χ3v) is 2.88. The van der Waals surface area contributed by atoms with E-state index in [2.05, 4.69) is 15.6 Å². The lowest BCUT2D eigenvalue weighted by Crippen LogP contribution is -2.54. The molecule has 0 aliphatic rings. The van der Waals surface area contributed by atoms with E-state index in [1.54, 1.807) is 0 Å². The zero-order chi connectivity index (χ0) is 16.5. The molecule has 0 radical (unpaired) electrons. The van der Waals surface area contributed by atoms with Gasteiger partial charge in [-0.15, -0.1) is 0 Å². The smallest absolute Gasteiger partial charge is 0.324 e. The van der Waals surface area contributed by atoms with Gasteiger partial charge in [-0.25, -0.2) is 10.9 Å². The van der Waals surface area contributed by atoms with Crippen LogP contribution in [0.3, 0.4) is 0 Å². The van der Waals surface area contributed by atoms with Gasteiger partial charge in [-0.3, -0.25) is 14.4 Å². The van der Waals surface area contributed by atoms with Crippen molar-refractivity contribution in [2.45, 2.75) is 24.9 Å². The number of carboxylic acid groups (broad SMARTS) is 2. The van der Waals surface area contributed by atoms with E-state index in [-0.39, 0.29) is 6.42 Å². The quantitative estimate of drug-likeness (QED) is 0.365. The molecule has 0 saturated heterocycles. The topological polar surface area (TPSA) is 125 Å². The minimum Gasteiger partial charge on any atom is -0.481 e. The lowest BCUT2D eigenvalue weighted by Gasteiger charge is -2.20. The highest BCUT2D eigenvalue weighted by molar-refractivity contribution is 5.80. The van der Waals surface area contributed by atoms with E-state index < -0.39 is 36.4 Å². The predicted molar refractivity (Wildman–Crippen MR) is 75.9 cm³/mol. The molecule has 1 rings (SSSR count). The number of benzene rings is 1. The Bertz CT molecular complexity index is 519. The van der Waals surface area contributed by atoms with Crippen LogP contribution >= 0.6 is 0 Å². The van der Waals surface area contributed by atoms with Crippen LogP contribution in [-0.4, -0.2) is 47.3 Å². The molecule has 0 heterocycles. The third kappa shape index (κ3) is 5.90. The fourth-order valence-electron chi connectivity index (χ4n) is 1.76. The van der Waals surface area contributed by atoms with Gasteiger partial charge < -0.3 is 14.9 Å². The summed E-state index contributed by atoms with van der Waals surface area (Å²) in [4.78, 5) is 33.3. The number of esters is 1. The first-order valence-corrected chi connectivity index (χ1v) is 6.51. The highest BCUT2D eigenvalue weighted by Gasteiger charge is 2.25. The van der Waals surface area contributed by atoms with Gasteiger partial charge in [0.05, 0.1) is 13.5 Å². The van der Waals surface area contributed by atoms with E-state index in [1.807, 2.05) is 30.3 Å². The zero-order valence-electron chi connectivity index (χ0n) is 12.0. The summed E-state index contributed by atoms with van der Waals surface area (Å²) in [6.07, 6.45) is -0.360. The third-order valence-electron chi connectivity index (χ3n) is 2.88. The minimum absolute atomic E-state index is 0.264. The summed E-state index contributed by atoms with van der Waals surface area (Å²) in [5.41, 5.74) is 5.74. The van der Waals surface area contributed by atoms with Crippen LogP contribution in [0.5, 0.6) is 0 Å². The molecule has 120 valence electrons. The molecule has 8 nitrogen and oxygen atoms in total. The molecule has 0 fully saturated rings. The summed E-state index contributed by atoms with van der Waals surface area (Å²) in [6.45, 7) is 0. The van der Waals surface area contributed by atoms with Gasteiger partial charge in [-0.2, -0.15) is 0 Å².